The maximum Gasteiger partial charge on any atom is 0.308 e. The largest absolute Gasteiger partial charge is 0.481 e. The van der Waals surface area contributed by atoms with Crippen LogP contribution in [0.15, 0.2) is 12.4 Å². The molecule has 0 amide bonds. The Labute approximate surface area is 100 Å². The van der Waals surface area contributed by atoms with Crippen molar-refractivity contribution in [2.45, 2.75) is 32.7 Å². The van der Waals surface area contributed by atoms with Crippen LogP contribution in [0.5, 0.6) is 0 Å². The van der Waals surface area contributed by atoms with E-state index in [4.69, 9.17) is 5.11 Å². The highest BCUT2D eigenvalue weighted by Crippen LogP contribution is 2.28. The van der Waals surface area contributed by atoms with E-state index in [1.54, 1.807) is 6.33 Å². The summed E-state index contributed by atoms with van der Waals surface area (Å²) >= 11 is 0. The first-order chi connectivity index (χ1) is 8.13. The number of hydrogen-bond donors (Lipinski definition) is 1. The molecule has 2 atom stereocenters. The van der Waals surface area contributed by atoms with Crippen molar-refractivity contribution in [3.8, 4) is 0 Å². The molecule has 0 bridgehead atoms. The van der Waals surface area contributed by atoms with Gasteiger partial charge >= 0.3 is 5.97 Å². The van der Waals surface area contributed by atoms with Crippen LogP contribution in [0.25, 0.3) is 0 Å². The van der Waals surface area contributed by atoms with Gasteiger partial charge in [-0.3, -0.25) is 4.79 Å². The molecule has 5 heteroatoms. The van der Waals surface area contributed by atoms with Crippen molar-refractivity contribution in [1.29, 1.82) is 0 Å². The molecule has 2 heterocycles. The molecule has 2 rings (SSSR count). The van der Waals surface area contributed by atoms with Gasteiger partial charge in [-0.15, -0.1) is 0 Å². The minimum Gasteiger partial charge on any atom is -0.481 e. The normalized spacial score (nSPS) is 24.0. The molecule has 1 N–H and O–H groups in total. The molecule has 1 fully saturated rings. The fourth-order valence-corrected chi connectivity index (χ4v) is 2.33. The highest BCUT2D eigenvalue weighted by atomic mass is 16.4. The molecule has 0 radical (unpaired) electrons. The third-order valence-electron chi connectivity index (χ3n) is 3.44. The van der Waals surface area contributed by atoms with Crippen LogP contribution in [0.3, 0.4) is 0 Å². The highest BCUT2D eigenvalue weighted by molar-refractivity contribution is 5.72. The van der Waals surface area contributed by atoms with E-state index >= 15 is 0 Å². The Bertz CT molecular complexity index is 422. The van der Waals surface area contributed by atoms with Gasteiger partial charge < -0.3 is 10.0 Å². The maximum absolute atomic E-state index is 11.1. The lowest BCUT2D eigenvalue weighted by molar-refractivity contribution is -0.141. The van der Waals surface area contributed by atoms with E-state index in [0.29, 0.717) is 6.42 Å². The predicted molar refractivity (Wildman–Crippen MR) is 64.0 cm³/mol. The number of carboxylic acid groups (broad SMARTS) is 1. The van der Waals surface area contributed by atoms with E-state index in [1.165, 1.54) is 0 Å². The van der Waals surface area contributed by atoms with Gasteiger partial charge in [-0.05, 0) is 19.8 Å². The number of carbonyl (C=O) groups is 1. The van der Waals surface area contributed by atoms with Gasteiger partial charge in [0.1, 0.15) is 12.1 Å². The second kappa shape index (κ2) is 4.69. The number of rotatable bonds is 3. The Balaban J connectivity index is 2.20. The Kier molecular flexibility index (Phi) is 3.26. The third kappa shape index (κ3) is 2.23. The van der Waals surface area contributed by atoms with Crippen molar-refractivity contribution in [3.63, 3.8) is 0 Å². The molecule has 0 saturated carbocycles. The summed E-state index contributed by atoms with van der Waals surface area (Å²) in [6.07, 6.45) is 3.09. The maximum atomic E-state index is 11.1. The zero-order valence-electron chi connectivity index (χ0n) is 10.1. The quantitative estimate of drug-likeness (QED) is 0.856. The summed E-state index contributed by atoms with van der Waals surface area (Å²) in [5.41, 5.74) is 0.987. The van der Waals surface area contributed by atoms with Crippen LogP contribution in [-0.2, 0) is 11.2 Å². The molecule has 5 nitrogen and oxygen atoms in total. The molecule has 1 saturated heterocycles. The molecule has 1 aromatic rings. The van der Waals surface area contributed by atoms with Crippen LogP contribution >= 0.6 is 0 Å². The summed E-state index contributed by atoms with van der Waals surface area (Å²) in [5, 5.41) is 9.09. The predicted octanol–water partition coefficient (Wildman–Crippen LogP) is 1.34. The minimum absolute atomic E-state index is 0.00731. The summed E-state index contributed by atoms with van der Waals surface area (Å²) < 4.78 is 0. The van der Waals surface area contributed by atoms with E-state index in [9.17, 15) is 4.79 Å². The lowest BCUT2D eigenvalue weighted by atomic mass is 10.0. The molecule has 17 heavy (non-hydrogen) atoms. The highest BCUT2D eigenvalue weighted by Gasteiger charge is 2.36. The molecule has 0 aliphatic carbocycles. The first-order valence-electron chi connectivity index (χ1n) is 5.93. The van der Waals surface area contributed by atoms with E-state index < -0.39 is 5.97 Å². The van der Waals surface area contributed by atoms with E-state index in [-0.39, 0.29) is 12.0 Å². The number of nitrogens with zero attached hydrogens (tertiary/aromatic N) is 3. The van der Waals surface area contributed by atoms with Crippen LogP contribution in [0.1, 0.15) is 26.0 Å². The Morgan fingerprint density at radius 2 is 2.35 bits per heavy atom. The number of aliphatic carboxylic acids is 1. The molecule has 92 valence electrons. The molecule has 1 aliphatic heterocycles. The summed E-state index contributed by atoms with van der Waals surface area (Å²) in [6, 6.07) is 1.94. The number of anilines is 1. The van der Waals surface area contributed by atoms with E-state index in [0.717, 1.165) is 24.5 Å². The average Bonchev–Trinajstić information content (AvgIpc) is 2.71. The van der Waals surface area contributed by atoms with Crippen molar-refractivity contribution in [2.75, 3.05) is 11.4 Å². The average molecular weight is 235 g/mol. The van der Waals surface area contributed by atoms with E-state index in [1.807, 2.05) is 19.9 Å². The van der Waals surface area contributed by atoms with Gasteiger partial charge in [-0.2, -0.15) is 0 Å². The van der Waals surface area contributed by atoms with Gasteiger partial charge in [0, 0.05) is 24.3 Å². The van der Waals surface area contributed by atoms with Gasteiger partial charge in [-0.25, -0.2) is 9.97 Å². The van der Waals surface area contributed by atoms with Crippen LogP contribution in [-0.4, -0.2) is 33.6 Å². The van der Waals surface area contributed by atoms with Gasteiger partial charge in [0.2, 0.25) is 0 Å². The number of carboxylic acids is 1. The van der Waals surface area contributed by atoms with Crippen molar-refractivity contribution in [2.24, 2.45) is 5.92 Å². The van der Waals surface area contributed by atoms with Gasteiger partial charge in [0.25, 0.3) is 0 Å². The van der Waals surface area contributed by atoms with Gasteiger partial charge in [0.05, 0.1) is 5.92 Å². The molecule has 1 aromatic heterocycles. The van der Waals surface area contributed by atoms with Crippen molar-refractivity contribution < 1.29 is 9.90 Å². The van der Waals surface area contributed by atoms with Crippen molar-refractivity contribution in [1.82, 2.24) is 9.97 Å². The van der Waals surface area contributed by atoms with Crippen LogP contribution < -0.4 is 4.90 Å². The Morgan fingerprint density at radius 3 is 2.94 bits per heavy atom. The molecular weight excluding hydrogens is 218 g/mol. The Hall–Kier alpha value is -1.65. The smallest absolute Gasteiger partial charge is 0.308 e. The lowest BCUT2D eigenvalue weighted by Crippen LogP contribution is -2.33. The minimum atomic E-state index is -0.718. The fourth-order valence-electron chi connectivity index (χ4n) is 2.33. The summed E-state index contributed by atoms with van der Waals surface area (Å²) in [7, 11) is 0. The molecule has 2 unspecified atom stereocenters. The van der Waals surface area contributed by atoms with Crippen molar-refractivity contribution >= 4 is 11.8 Å². The van der Waals surface area contributed by atoms with Crippen LogP contribution in [0.2, 0.25) is 0 Å². The van der Waals surface area contributed by atoms with E-state index in [2.05, 4.69) is 14.9 Å². The summed E-state index contributed by atoms with van der Waals surface area (Å²) in [4.78, 5) is 21.5. The SMILES string of the molecule is CCc1cc(N2CCC(C(=O)O)C2C)ncn1. The fraction of sp³-hybridized carbons (Fsp3) is 0.583. The lowest BCUT2D eigenvalue weighted by Gasteiger charge is -2.24. The van der Waals surface area contributed by atoms with Gasteiger partial charge in [-0.1, -0.05) is 6.92 Å². The molecule has 0 aromatic carbocycles. The topological polar surface area (TPSA) is 66.3 Å². The number of hydrogen-bond acceptors (Lipinski definition) is 4. The van der Waals surface area contributed by atoms with Crippen molar-refractivity contribution in [3.05, 3.63) is 18.1 Å². The zero-order chi connectivity index (χ0) is 12.4. The third-order valence-corrected chi connectivity index (χ3v) is 3.44. The van der Waals surface area contributed by atoms with Crippen LogP contribution in [0.4, 0.5) is 5.82 Å². The van der Waals surface area contributed by atoms with Crippen LogP contribution in [0, 0.1) is 5.92 Å². The second-order valence-corrected chi connectivity index (χ2v) is 4.39. The first-order valence-corrected chi connectivity index (χ1v) is 5.93. The standard InChI is InChI=1S/C12H17N3O2/c1-3-9-6-11(14-7-13-9)15-5-4-10(8(15)2)12(16)17/h6-8,10H,3-5H2,1-2H3,(H,16,17). The monoisotopic (exact) mass is 235 g/mol. The molecule has 0 spiro atoms. The molecular formula is C12H17N3O2. The second-order valence-electron chi connectivity index (χ2n) is 4.39. The first kappa shape index (κ1) is 11.8. The van der Waals surface area contributed by atoms with Gasteiger partial charge in [0.15, 0.2) is 0 Å². The number of aromatic nitrogens is 2. The summed E-state index contributed by atoms with van der Waals surface area (Å²) in [6.45, 7) is 4.73. The Morgan fingerprint density at radius 1 is 1.59 bits per heavy atom. The zero-order valence-corrected chi connectivity index (χ0v) is 10.1. The summed E-state index contributed by atoms with van der Waals surface area (Å²) in [5.74, 6) is -0.173. The number of aryl methyl sites for hydroxylation is 1. The molecule has 1 aliphatic rings.